The molecule has 1 aliphatic rings. The summed E-state index contributed by atoms with van der Waals surface area (Å²) < 4.78 is 10.9. The Balaban J connectivity index is 1.77. The van der Waals surface area contributed by atoms with E-state index < -0.39 is 6.10 Å². The minimum Gasteiger partial charge on any atom is -0.491 e. The molecule has 0 spiro atoms. The molecule has 0 aromatic heterocycles. The molecule has 26 heavy (non-hydrogen) atoms. The summed E-state index contributed by atoms with van der Waals surface area (Å²) in [7, 11) is 0. The molecule has 1 N–H and O–H groups in total. The Labute approximate surface area is 156 Å². The van der Waals surface area contributed by atoms with Crippen molar-refractivity contribution in [2.24, 2.45) is 0 Å². The van der Waals surface area contributed by atoms with Crippen LogP contribution in [0, 0.1) is 0 Å². The second-order valence-corrected chi connectivity index (χ2v) is 6.80. The third-order valence-electron chi connectivity index (χ3n) is 4.86. The monoisotopic (exact) mass is 364 g/mol. The summed E-state index contributed by atoms with van der Waals surface area (Å²) in [6, 6.07) is 8.03. The number of carbonyl (C=O) groups is 1. The van der Waals surface area contributed by atoms with Crippen LogP contribution in [0.4, 0.5) is 4.79 Å². The van der Waals surface area contributed by atoms with Crippen molar-refractivity contribution in [2.75, 3.05) is 45.9 Å². The van der Waals surface area contributed by atoms with E-state index in [1.54, 1.807) is 4.90 Å². The summed E-state index contributed by atoms with van der Waals surface area (Å²) in [5, 5.41) is 10.3. The van der Waals surface area contributed by atoms with Gasteiger partial charge in [-0.3, -0.25) is 4.90 Å². The topological polar surface area (TPSA) is 62.2 Å². The Morgan fingerprint density at radius 3 is 2.54 bits per heavy atom. The standard InChI is InChI=1S/C20H32N2O4/c1-4-16(3)18-8-6-7-9-19(18)26-15-17(23)14-21-10-12-22(13-11-21)20(24)25-5-2/h6-9,16-17,23H,4-5,10-15H2,1-3H3/t16-,17-/m1/s1. The van der Waals surface area contributed by atoms with Crippen LogP contribution in [0.15, 0.2) is 24.3 Å². The largest absolute Gasteiger partial charge is 0.491 e. The minimum absolute atomic E-state index is 0.252. The zero-order chi connectivity index (χ0) is 18.9. The number of hydrogen-bond acceptors (Lipinski definition) is 5. The van der Waals surface area contributed by atoms with E-state index in [-0.39, 0.29) is 12.7 Å². The summed E-state index contributed by atoms with van der Waals surface area (Å²) >= 11 is 0. The van der Waals surface area contributed by atoms with Gasteiger partial charge in [-0.25, -0.2) is 4.79 Å². The predicted molar refractivity (Wildman–Crippen MR) is 102 cm³/mol. The third kappa shape index (κ3) is 5.88. The van der Waals surface area contributed by atoms with E-state index in [2.05, 4.69) is 24.8 Å². The van der Waals surface area contributed by atoms with Crippen LogP contribution in [0.1, 0.15) is 38.7 Å². The van der Waals surface area contributed by atoms with E-state index in [1.807, 2.05) is 25.1 Å². The van der Waals surface area contributed by atoms with Gasteiger partial charge in [-0.2, -0.15) is 0 Å². The van der Waals surface area contributed by atoms with E-state index >= 15 is 0 Å². The van der Waals surface area contributed by atoms with Crippen molar-refractivity contribution < 1.29 is 19.4 Å². The number of aliphatic hydroxyl groups is 1. The first-order valence-electron chi connectivity index (χ1n) is 9.59. The average Bonchev–Trinajstić information content (AvgIpc) is 2.66. The highest BCUT2D eigenvalue weighted by molar-refractivity contribution is 5.67. The smallest absolute Gasteiger partial charge is 0.409 e. The number of nitrogens with zero attached hydrogens (tertiary/aromatic N) is 2. The molecule has 6 heteroatoms. The van der Waals surface area contributed by atoms with Gasteiger partial charge in [0.15, 0.2) is 0 Å². The van der Waals surface area contributed by atoms with E-state index in [0.717, 1.165) is 25.3 Å². The average molecular weight is 364 g/mol. The van der Waals surface area contributed by atoms with Crippen molar-refractivity contribution >= 4 is 6.09 Å². The molecule has 2 atom stereocenters. The lowest BCUT2D eigenvalue weighted by Gasteiger charge is -2.34. The van der Waals surface area contributed by atoms with Crippen molar-refractivity contribution in [1.29, 1.82) is 0 Å². The third-order valence-corrected chi connectivity index (χ3v) is 4.86. The lowest BCUT2D eigenvalue weighted by Crippen LogP contribution is -2.51. The Morgan fingerprint density at radius 2 is 1.88 bits per heavy atom. The molecule has 0 aliphatic carbocycles. The summed E-state index contributed by atoms with van der Waals surface area (Å²) in [6.45, 7) is 10.1. The normalized spacial score (nSPS) is 17.6. The molecule has 2 rings (SSSR count). The first-order chi connectivity index (χ1) is 12.5. The number of hydrogen-bond donors (Lipinski definition) is 1. The van der Waals surface area contributed by atoms with Gasteiger partial charge in [-0.15, -0.1) is 0 Å². The molecule has 1 fully saturated rings. The van der Waals surface area contributed by atoms with Crippen LogP contribution < -0.4 is 4.74 Å². The zero-order valence-electron chi connectivity index (χ0n) is 16.2. The molecule has 1 aliphatic heterocycles. The molecule has 6 nitrogen and oxygen atoms in total. The summed E-state index contributed by atoms with van der Waals surface area (Å²) in [6.07, 6.45) is 0.236. The van der Waals surface area contributed by atoms with Crippen LogP contribution in [0.25, 0.3) is 0 Å². The van der Waals surface area contributed by atoms with Crippen molar-refractivity contribution in [3.05, 3.63) is 29.8 Å². The summed E-state index contributed by atoms with van der Waals surface area (Å²) in [5.41, 5.74) is 1.19. The van der Waals surface area contributed by atoms with E-state index in [9.17, 15) is 9.90 Å². The Kier molecular flexibility index (Phi) is 8.19. The molecule has 0 unspecified atom stereocenters. The number of carbonyl (C=O) groups excluding carboxylic acids is 1. The number of rotatable bonds is 8. The Bertz CT molecular complexity index is 558. The first-order valence-corrected chi connectivity index (χ1v) is 9.59. The quantitative estimate of drug-likeness (QED) is 0.768. The maximum Gasteiger partial charge on any atom is 0.409 e. The van der Waals surface area contributed by atoms with Crippen molar-refractivity contribution in [3.8, 4) is 5.75 Å². The number of ether oxygens (including phenoxy) is 2. The molecule has 1 aromatic rings. The molecule has 0 saturated carbocycles. The van der Waals surface area contributed by atoms with Gasteiger partial charge in [0.1, 0.15) is 18.5 Å². The molecule has 1 aromatic carbocycles. The Hall–Kier alpha value is -1.79. The van der Waals surface area contributed by atoms with Gasteiger partial charge in [-0.05, 0) is 30.9 Å². The number of benzene rings is 1. The molecule has 1 heterocycles. The fourth-order valence-electron chi connectivity index (χ4n) is 3.10. The van der Waals surface area contributed by atoms with Crippen molar-refractivity contribution in [2.45, 2.75) is 39.2 Å². The van der Waals surface area contributed by atoms with Crippen LogP contribution in [-0.4, -0.2) is 73.0 Å². The van der Waals surface area contributed by atoms with Gasteiger partial charge < -0.3 is 19.5 Å². The second-order valence-electron chi connectivity index (χ2n) is 6.80. The molecular formula is C20H32N2O4. The highest BCUT2D eigenvalue weighted by Crippen LogP contribution is 2.28. The predicted octanol–water partition coefficient (Wildman–Crippen LogP) is 2.71. The Morgan fingerprint density at radius 1 is 1.19 bits per heavy atom. The van der Waals surface area contributed by atoms with Crippen molar-refractivity contribution in [3.63, 3.8) is 0 Å². The molecule has 0 radical (unpaired) electrons. The van der Waals surface area contributed by atoms with Crippen LogP contribution in [0.5, 0.6) is 5.75 Å². The fraction of sp³-hybridized carbons (Fsp3) is 0.650. The molecule has 1 saturated heterocycles. The number of β-amino-alcohol motifs (C(OH)–C–C–N with tert-alkyl or cyclic N) is 1. The second kappa shape index (κ2) is 10.4. The van der Waals surface area contributed by atoms with E-state index in [1.165, 1.54) is 5.56 Å². The van der Waals surface area contributed by atoms with Gasteiger partial charge in [0.05, 0.1) is 6.61 Å². The van der Waals surface area contributed by atoms with Crippen LogP contribution in [-0.2, 0) is 4.74 Å². The van der Waals surface area contributed by atoms with Crippen LogP contribution in [0.2, 0.25) is 0 Å². The first kappa shape index (κ1) is 20.5. The van der Waals surface area contributed by atoms with Crippen LogP contribution in [0.3, 0.4) is 0 Å². The number of amides is 1. The molecule has 0 bridgehead atoms. The van der Waals surface area contributed by atoms with Gasteiger partial charge in [0, 0.05) is 32.7 Å². The van der Waals surface area contributed by atoms with Gasteiger partial charge >= 0.3 is 6.09 Å². The fourth-order valence-corrected chi connectivity index (χ4v) is 3.10. The number of aliphatic hydroxyl groups excluding tert-OH is 1. The van der Waals surface area contributed by atoms with Gasteiger partial charge in [0.25, 0.3) is 0 Å². The van der Waals surface area contributed by atoms with Gasteiger partial charge in [0.2, 0.25) is 0 Å². The highest BCUT2D eigenvalue weighted by Gasteiger charge is 2.23. The maximum atomic E-state index is 11.7. The molecule has 1 amide bonds. The molecular weight excluding hydrogens is 332 g/mol. The summed E-state index contributed by atoms with van der Waals surface area (Å²) in [4.78, 5) is 15.6. The van der Waals surface area contributed by atoms with E-state index in [4.69, 9.17) is 9.47 Å². The van der Waals surface area contributed by atoms with E-state index in [0.29, 0.717) is 32.2 Å². The number of piperazine rings is 1. The highest BCUT2D eigenvalue weighted by atomic mass is 16.6. The maximum absolute atomic E-state index is 11.7. The number of para-hydroxylation sites is 1. The lowest BCUT2D eigenvalue weighted by atomic mass is 9.98. The molecule has 146 valence electrons. The van der Waals surface area contributed by atoms with Gasteiger partial charge in [-0.1, -0.05) is 32.0 Å². The summed E-state index contributed by atoms with van der Waals surface area (Å²) in [5.74, 6) is 1.28. The zero-order valence-corrected chi connectivity index (χ0v) is 16.2. The van der Waals surface area contributed by atoms with Crippen LogP contribution >= 0.6 is 0 Å². The minimum atomic E-state index is -0.561. The van der Waals surface area contributed by atoms with Crippen molar-refractivity contribution in [1.82, 2.24) is 9.80 Å². The lowest BCUT2D eigenvalue weighted by molar-refractivity contribution is 0.0405. The SMILES string of the molecule is CCOC(=O)N1CCN(C[C@@H](O)COc2ccccc2[C@H](C)CC)CC1.